The van der Waals surface area contributed by atoms with Gasteiger partial charge < -0.3 is 5.32 Å². The summed E-state index contributed by atoms with van der Waals surface area (Å²) in [4.78, 5) is 22.5. The Labute approximate surface area is 163 Å². The Morgan fingerprint density at radius 2 is 1.57 bits per heavy atom. The number of rotatable bonds is 9. The number of nitro groups is 1. The average Bonchev–Trinajstić information content (AvgIpc) is 2.68. The van der Waals surface area contributed by atoms with Gasteiger partial charge in [-0.25, -0.2) is 8.42 Å². The molecule has 1 amide bonds. The van der Waals surface area contributed by atoms with E-state index in [0.717, 1.165) is 0 Å². The van der Waals surface area contributed by atoms with Crippen molar-refractivity contribution in [2.45, 2.75) is 4.90 Å². The van der Waals surface area contributed by atoms with Crippen molar-refractivity contribution in [3.05, 3.63) is 89.5 Å². The number of carbonyl (C=O) groups is 1. The number of benzene rings is 2. The number of hydrogen-bond acceptors (Lipinski definition) is 5. The van der Waals surface area contributed by atoms with Crippen LogP contribution in [0.25, 0.3) is 0 Å². The lowest BCUT2D eigenvalue weighted by Crippen LogP contribution is -2.31. The summed E-state index contributed by atoms with van der Waals surface area (Å²) >= 11 is 0. The lowest BCUT2D eigenvalue weighted by molar-refractivity contribution is -0.384. The second kappa shape index (κ2) is 9.07. The molecule has 8 nitrogen and oxygen atoms in total. The van der Waals surface area contributed by atoms with Crippen LogP contribution in [0.5, 0.6) is 0 Å². The summed E-state index contributed by atoms with van der Waals surface area (Å²) in [5, 5.41) is 13.3. The third-order valence-electron chi connectivity index (χ3n) is 3.76. The number of sulfonamides is 1. The molecular formula is C19H19N3O5S. The highest BCUT2D eigenvalue weighted by atomic mass is 32.2. The van der Waals surface area contributed by atoms with E-state index in [1.54, 1.807) is 0 Å². The number of nitro benzene ring substituents is 1. The Morgan fingerprint density at radius 3 is 2.04 bits per heavy atom. The summed E-state index contributed by atoms with van der Waals surface area (Å²) in [6.45, 7) is 7.37. The van der Waals surface area contributed by atoms with Crippen LogP contribution in [-0.2, 0) is 10.0 Å². The number of amides is 1. The van der Waals surface area contributed by atoms with Crippen molar-refractivity contribution in [2.24, 2.45) is 0 Å². The van der Waals surface area contributed by atoms with Crippen LogP contribution in [0.15, 0.2) is 78.7 Å². The third-order valence-corrected chi connectivity index (χ3v) is 5.60. The van der Waals surface area contributed by atoms with Crippen molar-refractivity contribution in [1.29, 1.82) is 0 Å². The van der Waals surface area contributed by atoms with E-state index in [1.807, 2.05) is 0 Å². The molecule has 0 saturated heterocycles. The van der Waals surface area contributed by atoms with Crippen LogP contribution in [0.1, 0.15) is 10.4 Å². The molecular weight excluding hydrogens is 382 g/mol. The van der Waals surface area contributed by atoms with Gasteiger partial charge in [-0.1, -0.05) is 12.2 Å². The highest BCUT2D eigenvalue weighted by molar-refractivity contribution is 7.89. The molecule has 0 bridgehead atoms. The predicted octanol–water partition coefficient (Wildman–Crippen LogP) is 3.21. The molecule has 146 valence electrons. The summed E-state index contributed by atoms with van der Waals surface area (Å²) in [5.74, 6) is -0.466. The van der Waals surface area contributed by atoms with Crippen LogP contribution in [0.3, 0.4) is 0 Å². The molecule has 0 heterocycles. The topological polar surface area (TPSA) is 110 Å². The summed E-state index contributed by atoms with van der Waals surface area (Å²) in [6, 6.07) is 10.9. The smallest absolute Gasteiger partial charge is 0.269 e. The second-order valence-corrected chi connectivity index (χ2v) is 7.62. The van der Waals surface area contributed by atoms with E-state index in [-0.39, 0.29) is 29.2 Å². The molecule has 0 spiro atoms. The lowest BCUT2D eigenvalue weighted by Gasteiger charge is -2.19. The predicted molar refractivity (Wildman–Crippen MR) is 107 cm³/mol. The summed E-state index contributed by atoms with van der Waals surface area (Å²) in [5.41, 5.74) is 0.544. The molecule has 28 heavy (non-hydrogen) atoms. The second-order valence-electron chi connectivity index (χ2n) is 5.68. The standard InChI is InChI=1S/C19H19N3O5S/c1-3-13-21(14-4-2)28(26,27)18-11-5-15(6-12-18)19(23)20-16-7-9-17(10-8-16)22(24)25/h3-12H,1-2,13-14H2,(H,20,23). The molecule has 1 N–H and O–H groups in total. The van der Waals surface area contributed by atoms with Crippen LogP contribution >= 0.6 is 0 Å². The third kappa shape index (κ3) is 4.90. The first-order chi connectivity index (χ1) is 13.3. The van der Waals surface area contributed by atoms with Crippen molar-refractivity contribution in [3.8, 4) is 0 Å². The molecule has 2 aromatic carbocycles. The maximum Gasteiger partial charge on any atom is 0.269 e. The number of nitrogens with one attached hydrogen (secondary N) is 1. The van der Waals surface area contributed by atoms with E-state index < -0.39 is 20.9 Å². The van der Waals surface area contributed by atoms with Gasteiger partial charge in [0.05, 0.1) is 9.82 Å². The first kappa shape index (κ1) is 21.0. The number of hydrogen-bond donors (Lipinski definition) is 1. The van der Waals surface area contributed by atoms with E-state index in [2.05, 4.69) is 18.5 Å². The molecule has 2 rings (SSSR count). The van der Waals surface area contributed by atoms with Gasteiger partial charge in [0.25, 0.3) is 11.6 Å². The largest absolute Gasteiger partial charge is 0.322 e. The van der Waals surface area contributed by atoms with Crippen molar-refractivity contribution in [1.82, 2.24) is 4.31 Å². The molecule has 0 unspecified atom stereocenters. The van der Waals surface area contributed by atoms with Crippen LogP contribution in [-0.4, -0.2) is 36.6 Å². The van der Waals surface area contributed by atoms with Gasteiger partial charge in [0.1, 0.15) is 0 Å². The van der Waals surface area contributed by atoms with E-state index in [9.17, 15) is 23.3 Å². The zero-order valence-corrected chi connectivity index (χ0v) is 15.8. The van der Waals surface area contributed by atoms with Gasteiger partial charge in [-0.05, 0) is 36.4 Å². The van der Waals surface area contributed by atoms with Gasteiger partial charge in [0, 0.05) is 36.5 Å². The number of nitrogens with zero attached hydrogens (tertiary/aromatic N) is 2. The zero-order valence-electron chi connectivity index (χ0n) is 14.9. The van der Waals surface area contributed by atoms with Crippen LogP contribution in [0.2, 0.25) is 0 Å². The zero-order chi connectivity index (χ0) is 20.7. The molecule has 0 aliphatic heterocycles. The monoisotopic (exact) mass is 401 g/mol. The normalized spacial score (nSPS) is 11.0. The Morgan fingerprint density at radius 1 is 1.04 bits per heavy atom. The minimum atomic E-state index is -3.74. The maximum absolute atomic E-state index is 12.6. The van der Waals surface area contributed by atoms with E-state index in [1.165, 1.54) is 65.0 Å². The van der Waals surface area contributed by atoms with Crippen LogP contribution in [0.4, 0.5) is 11.4 Å². The molecule has 2 aromatic rings. The quantitative estimate of drug-likeness (QED) is 0.394. The molecule has 0 aromatic heterocycles. The molecule has 0 radical (unpaired) electrons. The van der Waals surface area contributed by atoms with Crippen molar-refractivity contribution < 1.29 is 18.1 Å². The van der Waals surface area contributed by atoms with E-state index >= 15 is 0 Å². The summed E-state index contributed by atoms with van der Waals surface area (Å²) in [7, 11) is -3.74. The Kier molecular flexibility index (Phi) is 6.80. The maximum atomic E-state index is 12.6. The number of non-ortho nitro benzene ring substituents is 1. The summed E-state index contributed by atoms with van der Waals surface area (Å²) in [6.07, 6.45) is 2.96. The molecule has 0 fully saturated rings. The molecule has 0 aliphatic carbocycles. The minimum absolute atomic E-state index is 0.0445. The van der Waals surface area contributed by atoms with Crippen LogP contribution < -0.4 is 5.32 Å². The van der Waals surface area contributed by atoms with Gasteiger partial charge in [-0.15, -0.1) is 13.2 Å². The van der Waals surface area contributed by atoms with Crippen molar-refractivity contribution in [2.75, 3.05) is 18.4 Å². The molecule has 9 heteroatoms. The Hall–Kier alpha value is -3.30. The fraction of sp³-hybridized carbons (Fsp3) is 0.105. The Balaban J connectivity index is 2.16. The van der Waals surface area contributed by atoms with E-state index in [4.69, 9.17) is 0 Å². The number of carbonyl (C=O) groups excluding carboxylic acids is 1. The first-order valence-electron chi connectivity index (χ1n) is 8.17. The minimum Gasteiger partial charge on any atom is -0.322 e. The number of anilines is 1. The fourth-order valence-corrected chi connectivity index (χ4v) is 3.74. The van der Waals surface area contributed by atoms with Gasteiger partial charge in [0.15, 0.2) is 0 Å². The molecule has 0 atom stereocenters. The highest BCUT2D eigenvalue weighted by Gasteiger charge is 2.22. The molecule has 0 aliphatic rings. The van der Waals surface area contributed by atoms with Gasteiger partial charge in [-0.2, -0.15) is 4.31 Å². The first-order valence-corrected chi connectivity index (χ1v) is 9.61. The van der Waals surface area contributed by atoms with Gasteiger partial charge >= 0.3 is 0 Å². The molecule has 0 saturated carbocycles. The van der Waals surface area contributed by atoms with Crippen molar-refractivity contribution in [3.63, 3.8) is 0 Å². The summed E-state index contributed by atoms with van der Waals surface area (Å²) < 4.78 is 26.5. The van der Waals surface area contributed by atoms with Gasteiger partial charge in [-0.3, -0.25) is 14.9 Å². The fourth-order valence-electron chi connectivity index (χ4n) is 2.36. The van der Waals surface area contributed by atoms with Crippen LogP contribution in [0, 0.1) is 10.1 Å². The van der Waals surface area contributed by atoms with E-state index in [0.29, 0.717) is 5.69 Å². The SMILES string of the molecule is C=CCN(CC=C)S(=O)(=O)c1ccc(C(=O)Nc2ccc([N+](=O)[O-])cc2)cc1. The average molecular weight is 401 g/mol. The van der Waals surface area contributed by atoms with Gasteiger partial charge in [0.2, 0.25) is 10.0 Å². The highest BCUT2D eigenvalue weighted by Crippen LogP contribution is 2.19. The Bertz CT molecular complexity index is 973. The lowest BCUT2D eigenvalue weighted by atomic mass is 10.2. The van der Waals surface area contributed by atoms with Crippen molar-refractivity contribution >= 4 is 27.3 Å².